The fourth-order valence-electron chi connectivity index (χ4n) is 11.2. The first-order chi connectivity index (χ1) is 43.1. The van der Waals surface area contributed by atoms with Crippen LogP contribution < -0.4 is 0 Å². The molecule has 6 fully saturated rings. The van der Waals surface area contributed by atoms with E-state index >= 15 is 0 Å². The zero-order chi connectivity index (χ0) is 68.4. The number of methoxy groups -OCH3 is 1. The second-order valence-electron chi connectivity index (χ2n) is 21.9. The lowest BCUT2D eigenvalue weighted by Gasteiger charge is -2.50. The van der Waals surface area contributed by atoms with Gasteiger partial charge in [0.1, 0.15) is 79.4 Å². The van der Waals surface area contributed by atoms with Crippen molar-refractivity contribution < 1.29 is 200 Å². The van der Waals surface area contributed by atoms with E-state index in [1.165, 1.54) is 55.6 Å². The third-order valence-corrected chi connectivity index (χ3v) is 17.3. The molecule has 35 atom stereocenters. The molecule has 0 spiro atoms. The SMILES string of the molecule is CO[C@@H]1OC(C)[C@@H](OOS(=O)O)[C@](C)(CO[C@@H]2OC(C)[C@@H](OOS(=O)O)[C@H](CO[C@@H]3OC(C)[C@@H](OOS(=O)O)[C@H](CO[C@@H]4OC(C)[C@@H](OOS(=O)O)[C@H](CO[C@@H]5OC(C)[C@@H](OOS(=O)O)[C@H](O)C5O)C4O)C3CO[C@@H]3OC(C)[C@@H](O)[C@H](OS(=O)(=O)O)C3O)C2O)C1O. The minimum Gasteiger partial charge on any atom is -0.388 e. The molecule has 13 N–H and O–H groups in total. The highest BCUT2D eigenvalue weighted by Gasteiger charge is 2.58. The Morgan fingerprint density at radius 3 is 1.20 bits per heavy atom. The lowest BCUT2D eigenvalue weighted by molar-refractivity contribution is -0.387. The van der Waals surface area contributed by atoms with Gasteiger partial charge in [0.15, 0.2) is 37.7 Å². The van der Waals surface area contributed by atoms with Crippen molar-refractivity contribution in [3.8, 4) is 0 Å². The van der Waals surface area contributed by atoms with E-state index in [1.807, 2.05) is 0 Å². The summed E-state index contributed by atoms with van der Waals surface area (Å²) in [5.41, 5.74) is -1.69. The molecule has 92 heavy (non-hydrogen) atoms. The van der Waals surface area contributed by atoms with Gasteiger partial charge in [-0.3, -0.25) is 27.3 Å². The molecule has 6 saturated heterocycles. The van der Waals surface area contributed by atoms with Crippen molar-refractivity contribution in [1.82, 2.24) is 0 Å². The van der Waals surface area contributed by atoms with Gasteiger partial charge in [0.25, 0.3) is 0 Å². The highest BCUT2D eigenvalue weighted by molar-refractivity contribution is 7.81. The molecular weight excluding hydrogens is 1400 g/mol. The van der Waals surface area contributed by atoms with Gasteiger partial charge >= 0.3 is 67.2 Å². The van der Waals surface area contributed by atoms with Crippen molar-refractivity contribution in [2.24, 2.45) is 29.1 Å². The molecule has 6 rings (SSSR count). The molecule has 0 bridgehead atoms. The summed E-state index contributed by atoms with van der Waals surface area (Å²) in [6.45, 7) is 5.44. The molecule has 0 radical (unpaired) electrons. The summed E-state index contributed by atoms with van der Waals surface area (Å²) in [6.07, 6.45) is -41.7. The van der Waals surface area contributed by atoms with Gasteiger partial charge < -0.3 is 92.6 Å². The molecule has 0 amide bonds. The number of hydrogen-bond donors (Lipinski definition) is 13. The molecule has 17 unspecified atom stereocenters. The molecule has 0 aromatic heterocycles. The molecule has 0 aliphatic carbocycles. The van der Waals surface area contributed by atoms with E-state index in [0.717, 1.165) is 0 Å². The predicted octanol–water partition coefficient (Wildman–Crippen LogP) is -5.36. The first kappa shape index (κ1) is 80.2. The van der Waals surface area contributed by atoms with Crippen molar-refractivity contribution >= 4 is 67.2 Å². The van der Waals surface area contributed by atoms with Gasteiger partial charge in [-0.1, -0.05) is 6.92 Å². The lowest BCUT2D eigenvalue weighted by atomic mass is 9.75. The molecule has 49 heteroatoms. The van der Waals surface area contributed by atoms with Gasteiger partial charge in [0.2, 0.25) is 0 Å². The van der Waals surface area contributed by atoms with Crippen LogP contribution in [-0.4, -0.2) is 286 Å². The molecule has 43 nitrogen and oxygen atoms in total. The third kappa shape index (κ3) is 21.2. The molecule has 0 saturated carbocycles. The summed E-state index contributed by atoms with van der Waals surface area (Å²) in [7, 11) is -4.18. The molecule has 0 aromatic carbocycles. The highest BCUT2D eigenvalue weighted by Crippen LogP contribution is 2.43. The quantitative estimate of drug-likeness (QED) is 0.0126. The fourth-order valence-corrected chi connectivity index (χ4v) is 12.5. The van der Waals surface area contributed by atoms with Crippen LogP contribution in [0.25, 0.3) is 0 Å². The Bertz CT molecular complexity index is 2520. The topological polar surface area (TPSA) is 595 Å². The summed E-state index contributed by atoms with van der Waals surface area (Å²) in [5, 5.41) is 79.5. The summed E-state index contributed by atoms with van der Waals surface area (Å²) in [4.78, 5) is 25.8. The van der Waals surface area contributed by atoms with Crippen LogP contribution in [0.3, 0.4) is 0 Å². The van der Waals surface area contributed by atoms with E-state index in [4.69, 9.17) is 85.8 Å². The van der Waals surface area contributed by atoms with E-state index in [0.29, 0.717) is 0 Å². The Balaban J connectivity index is 1.34. The van der Waals surface area contributed by atoms with Crippen molar-refractivity contribution in [3.63, 3.8) is 0 Å². The van der Waals surface area contributed by atoms with E-state index in [-0.39, 0.29) is 0 Å². The standard InChI is InChI=1S/C43H76O43S6/c1-14-24(44)34(81-92(61,62)63)29(49)41(70-14)67-10-21-20(9-66-38-25(45)23(31(16(3)72-38)77-83-88(53)54)12-68-40-28(48)27(47)33(18(5)74-40)79-85-90(57)58)30(76-82-87(51)52)15(2)71-37(21)65-11-22-26(46)39(73-17(4)32(22)78-84-89(55)56)69-13-43(7)35(50)42(64-8)75-19(6)36(43)80-86-91(59)60/h14-42,44-50H,9-13H2,1-8H3,(H,51,52)(H,53,54)(H,55,56)(H,57,58)(H,59,60)(H,61,62,63)/t14?,15?,16?,17?,18?,19?,20-,21?,22-,23-,24-,25?,26?,27-,28?,29?,30-,31-,32-,33-,34+,35?,36-,37-,38-,39-,40-,41-,42-,43-/m1/s1. The van der Waals surface area contributed by atoms with E-state index in [9.17, 15) is 88.0 Å². The zero-order valence-corrected chi connectivity index (χ0v) is 54.2. The van der Waals surface area contributed by atoms with Crippen LogP contribution in [0.15, 0.2) is 0 Å². The van der Waals surface area contributed by atoms with Crippen LogP contribution in [-0.2, 0) is 174 Å². The summed E-state index contributed by atoms with van der Waals surface area (Å²) >= 11 is -15.4. The molecule has 6 aliphatic heterocycles. The summed E-state index contributed by atoms with van der Waals surface area (Å²) in [5.74, 6) is -6.03. The van der Waals surface area contributed by atoms with E-state index < -0.39 is 283 Å². The van der Waals surface area contributed by atoms with Gasteiger partial charge in [-0.2, -0.15) is 29.5 Å². The number of aliphatic hydroxyl groups excluding tert-OH is 7. The number of aliphatic hydroxyl groups is 7. The monoisotopic (exact) mass is 1470 g/mol. The fraction of sp³-hybridized carbons (Fsp3) is 1.00. The minimum atomic E-state index is -5.39. The Kier molecular flexibility index (Phi) is 31.4. The second kappa shape index (κ2) is 36.0. The Morgan fingerprint density at radius 1 is 0.391 bits per heavy atom. The maximum atomic E-state index is 12.1. The van der Waals surface area contributed by atoms with Crippen LogP contribution in [0.4, 0.5) is 0 Å². The maximum absolute atomic E-state index is 12.1. The largest absolute Gasteiger partial charge is 0.397 e. The van der Waals surface area contributed by atoms with Gasteiger partial charge in [0.05, 0.1) is 75.1 Å². The zero-order valence-electron chi connectivity index (χ0n) is 49.3. The van der Waals surface area contributed by atoms with Crippen molar-refractivity contribution in [2.45, 2.75) is 202 Å². The Morgan fingerprint density at radius 2 is 0.739 bits per heavy atom. The van der Waals surface area contributed by atoms with Gasteiger partial charge in [-0.25, -0.2) is 28.6 Å². The van der Waals surface area contributed by atoms with E-state index in [2.05, 4.69) is 25.9 Å². The third-order valence-electron chi connectivity index (χ3n) is 15.8. The molecular formula is C43H76O43S6. The highest BCUT2D eigenvalue weighted by atomic mass is 32.3. The molecule has 542 valence electrons. The first-order valence-corrected chi connectivity index (χ1v) is 33.8. The predicted molar refractivity (Wildman–Crippen MR) is 287 cm³/mol. The number of hydrogen-bond acceptors (Lipinski definition) is 37. The van der Waals surface area contributed by atoms with Crippen LogP contribution in [0.5, 0.6) is 0 Å². The normalized spacial score (nSPS) is 44.9. The average molecular weight is 1470 g/mol. The maximum Gasteiger partial charge on any atom is 0.397 e. The first-order valence-electron chi connectivity index (χ1n) is 27.3. The number of rotatable bonds is 33. The molecule has 6 aliphatic rings. The van der Waals surface area contributed by atoms with Crippen LogP contribution in [0.1, 0.15) is 48.5 Å². The van der Waals surface area contributed by atoms with Crippen LogP contribution >= 0.6 is 0 Å². The second-order valence-corrected chi connectivity index (χ2v) is 25.8. The summed E-state index contributed by atoms with van der Waals surface area (Å²) < 4.78 is 236. The van der Waals surface area contributed by atoms with Gasteiger partial charge in [-0.05, 0) is 41.5 Å². The summed E-state index contributed by atoms with van der Waals surface area (Å²) in [6, 6.07) is 0. The lowest BCUT2D eigenvalue weighted by Crippen LogP contribution is -2.64. The van der Waals surface area contributed by atoms with Gasteiger partial charge in [-0.15, -0.1) is 21.7 Å². The van der Waals surface area contributed by atoms with Crippen molar-refractivity contribution in [3.05, 3.63) is 0 Å². The molecule has 6 heterocycles. The Labute approximate surface area is 536 Å². The van der Waals surface area contributed by atoms with Gasteiger partial charge in [0, 0.05) is 30.8 Å². The minimum absolute atomic E-state index is 0.644. The Hall–Kier alpha value is -0.740. The molecule has 0 aromatic rings. The van der Waals surface area contributed by atoms with Crippen LogP contribution in [0.2, 0.25) is 0 Å². The number of ether oxygens (including phenoxy) is 12. The van der Waals surface area contributed by atoms with Crippen molar-refractivity contribution in [1.29, 1.82) is 0 Å². The average Bonchev–Trinajstić information content (AvgIpc) is 0.787. The van der Waals surface area contributed by atoms with E-state index in [1.54, 1.807) is 0 Å². The van der Waals surface area contributed by atoms with Crippen molar-refractivity contribution in [2.75, 3.05) is 40.1 Å². The van der Waals surface area contributed by atoms with Crippen LogP contribution in [0, 0.1) is 29.1 Å². The smallest absolute Gasteiger partial charge is 0.388 e.